The standard InChI is InChI=1S/C14H10Cl2NO3/c1-8(7-18)20-13-3-2-9(4-12(13)19)14-11(16)5-10(15)6-17-14/h2-6,8,19H,1H3. The van der Waals surface area contributed by atoms with Gasteiger partial charge in [-0.15, -0.1) is 0 Å². The molecule has 1 radical (unpaired) electrons. The van der Waals surface area contributed by atoms with Crippen LogP contribution in [-0.2, 0) is 4.79 Å². The van der Waals surface area contributed by atoms with E-state index < -0.39 is 6.10 Å². The number of phenols is 1. The monoisotopic (exact) mass is 310 g/mol. The predicted molar refractivity (Wildman–Crippen MR) is 77.1 cm³/mol. The molecule has 0 spiro atoms. The third kappa shape index (κ3) is 3.21. The molecular weight excluding hydrogens is 301 g/mol. The van der Waals surface area contributed by atoms with Crippen LogP contribution in [0.15, 0.2) is 30.5 Å². The van der Waals surface area contributed by atoms with Gasteiger partial charge in [-0.2, -0.15) is 0 Å². The SMILES string of the molecule is CC([C]=O)Oc1ccc(-c2ncc(Cl)cc2Cl)cc1O. The number of phenolic OH excluding ortho intramolecular Hbond substituents is 1. The van der Waals surface area contributed by atoms with Crippen molar-refractivity contribution in [2.75, 3.05) is 0 Å². The van der Waals surface area contributed by atoms with Gasteiger partial charge in [0.2, 0.25) is 6.29 Å². The summed E-state index contributed by atoms with van der Waals surface area (Å²) in [6.07, 6.45) is 2.38. The first kappa shape index (κ1) is 14.6. The highest BCUT2D eigenvalue weighted by atomic mass is 35.5. The average Bonchev–Trinajstić information content (AvgIpc) is 2.41. The molecule has 2 aromatic rings. The van der Waals surface area contributed by atoms with Gasteiger partial charge in [0.15, 0.2) is 17.6 Å². The number of hydrogen-bond acceptors (Lipinski definition) is 4. The minimum Gasteiger partial charge on any atom is -0.504 e. The van der Waals surface area contributed by atoms with E-state index in [0.29, 0.717) is 21.3 Å². The van der Waals surface area contributed by atoms with Crippen LogP contribution in [-0.4, -0.2) is 22.5 Å². The van der Waals surface area contributed by atoms with E-state index in [1.165, 1.54) is 25.3 Å². The largest absolute Gasteiger partial charge is 0.504 e. The van der Waals surface area contributed by atoms with E-state index in [2.05, 4.69) is 4.98 Å². The third-order valence-corrected chi connectivity index (χ3v) is 3.00. The second-order valence-electron chi connectivity index (χ2n) is 4.04. The van der Waals surface area contributed by atoms with E-state index in [9.17, 15) is 9.90 Å². The first-order valence-corrected chi connectivity index (χ1v) is 6.45. The fourth-order valence-electron chi connectivity index (χ4n) is 1.61. The lowest BCUT2D eigenvalue weighted by Crippen LogP contribution is -2.12. The van der Waals surface area contributed by atoms with Crippen LogP contribution in [0.2, 0.25) is 10.0 Å². The van der Waals surface area contributed by atoms with Crippen LogP contribution < -0.4 is 4.74 Å². The Labute approximate surface area is 125 Å². The van der Waals surface area contributed by atoms with E-state index in [4.69, 9.17) is 27.9 Å². The minimum atomic E-state index is -0.760. The van der Waals surface area contributed by atoms with Crippen molar-refractivity contribution in [3.8, 4) is 22.8 Å². The Bertz CT molecular complexity index is 646. The van der Waals surface area contributed by atoms with Gasteiger partial charge in [0.1, 0.15) is 0 Å². The maximum atomic E-state index is 10.4. The Morgan fingerprint density at radius 2 is 2.10 bits per heavy atom. The number of benzene rings is 1. The summed E-state index contributed by atoms with van der Waals surface area (Å²) in [5.74, 6) is 0.0760. The van der Waals surface area contributed by atoms with Gasteiger partial charge in [-0.05, 0) is 31.2 Å². The van der Waals surface area contributed by atoms with Crippen LogP contribution in [0.4, 0.5) is 0 Å². The van der Waals surface area contributed by atoms with Gasteiger partial charge in [-0.1, -0.05) is 23.2 Å². The fraction of sp³-hybridized carbons (Fsp3) is 0.143. The van der Waals surface area contributed by atoms with Gasteiger partial charge in [-0.3, -0.25) is 9.78 Å². The van der Waals surface area contributed by atoms with Crippen LogP contribution in [0.25, 0.3) is 11.3 Å². The molecule has 2 rings (SSSR count). The molecule has 1 unspecified atom stereocenters. The first-order chi connectivity index (χ1) is 9.51. The molecule has 1 atom stereocenters. The van der Waals surface area contributed by atoms with Crippen molar-refractivity contribution in [2.24, 2.45) is 0 Å². The van der Waals surface area contributed by atoms with Gasteiger partial charge >= 0.3 is 0 Å². The van der Waals surface area contributed by atoms with Crippen LogP contribution in [0, 0.1) is 0 Å². The summed E-state index contributed by atoms with van der Waals surface area (Å²) >= 11 is 11.8. The molecule has 0 saturated heterocycles. The maximum absolute atomic E-state index is 10.4. The molecule has 4 nitrogen and oxygen atoms in total. The third-order valence-electron chi connectivity index (χ3n) is 2.51. The highest BCUT2D eigenvalue weighted by Crippen LogP contribution is 2.34. The summed E-state index contributed by atoms with van der Waals surface area (Å²) in [4.78, 5) is 14.5. The summed E-state index contributed by atoms with van der Waals surface area (Å²) < 4.78 is 5.19. The van der Waals surface area contributed by atoms with Gasteiger partial charge in [0.25, 0.3) is 0 Å². The molecule has 0 amide bonds. The summed E-state index contributed by atoms with van der Waals surface area (Å²) in [5, 5.41) is 10.7. The molecule has 1 heterocycles. The van der Waals surface area contributed by atoms with Gasteiger partial charge < -0.3 is 9.84 Å². The molecule has 20 heavy (non-hydrogen) atoms. The summed E-state index contributed by atoms with van der Waals surface area (Å²) in [7, 11) is 0. The Morgan fingerprint density at radius 3 is 2.70 bits per heavy atom. The molecule has 6 heteroatoms. The Morgan fingerprint density at radius 1 is 1.35 bits per heavy atom. The van der Waals surface area contributed by atoms with E-state index in [0.717, 1.165) is 0 Å². The minimum absolute atomic E-state index is 0.114. The van der Waals surface area contributed by atoms with Gasteiger partial charge in [0, 0.05) is 11.8 Å². The topological polar surface area (TPSA) is 59.4 Å². The zero-order valence-electron chi connectivity index (χ0n) is 10.4. The van der Waals surface area contributed by atoms with Crippen molar-refractivity contribution in [1.29, 1.82) is 0 Å². The van der Waals surface area contributed by atoms with Crippen LogP contribution in [0.5, 0.6) is 11.5 Å². The maximum Gasteiger partial charge on any atom is 0.242 e. The molecule has 1 N–H and O–H groups in total. The van der Waals surface area contributed by atoms with Gasteiger partial charge in [0.05, 0.1) is 15.7 Å². The normalized spacial score (nSPS) is 11.9. The summed E-state index contributed by atoms with van der Waals surface area (Å²) in [6, 6.07) is 6.23. The van der Waals surface area contributed by atoms with Crippen molar-refractivity contribution >= 4 is 29.5 Å². The number of hydrogen-bond donors (Lipinski definition) is 1. The smallest absolute Gasteiger partial charge is 0.242 e. The van der Waals surface area contributed by atoms with E-state index in [-0.39, 0.29) is 11.5 Å². The van der Waals surface area contributed by atoms with Crippen LogP contribution in [0.3, 0.4) is 0 Å². The number of pyridine rings is 1. The molecule has 103 valence electrons. The second kappa shape index (κ2) is 6.11. The van der Waals surface area contributed by atoms with Crippen molar-refractivity contribution < 1.29 is 14.6 Å². The van der Waals surface area contributed by atoms with Crippen LogP contribution in [0.1, 0.15) is 6.92 Å². The Balaban J connectivity index is 2.35. The zero-order chi connectivity index (χ0) is 14.7. The number of nitrogens with zero attached hydrogens (tertiary/aromatic N) is 1. The lowest BCUT2D eigenvalue weighted by atomic mass is 10.1. The molecule has 0 fully saturated rings. The van der Waals surface area contributed by atoms with Crippen molar-refractivity contribution in [2.45, 2.75) is 13.0 Å². The molecule has 0 aliphatic rings. The first-order valence-electron chi connectivity index (χ1n) is 5.70. The quantitative estimate of drug-likeness (QED) is 0.936. The molecular formula is C14H10Cl2NO3. The zero-order valence-corrected chi connectivity index (χ0v) is 11.9. The van der Waals surface area contributed by atoms with E-state index >= 15 is 0 Å². The molecule has 1 aromatic heterocycles. The molecule has 0 aliphatic heterocycles. The van der Waals surface area contributed by atoms with Crippen molar-refractivity contribution in [1.82, 2.24) is 4.98 Å². The fourth-order valence-corrected chi connectivity index (χ4v) is 2.10. The average molecular weight is 311 g/mol. The number of aromatic hydroxyl groups is 1. The number of carbonyl (C=O) groups excluding carboxylic acids is 1. The second-order valence-corrected chi connectivity index (χ2v) is 4.89. The number of aromatic nitrogens is 1. The number of rotatable bonds is 4. The number of ether oxygens (including phenoxy) is 1. The summed E-state index contributed by atoms with van der Waals surface area (Å²) in [6.45, 7) is 1.53. The Hall–Kier alpha value is -1.78. The molecule has 0 saturated carbocycles. The molecule has 0 bridgehead atoms. The molecule has 0 aliphatic carbocycles. The predicted octanol–water partition coefficient (Wildman–Crippen LogP) is 3.64. The van der Waals surface area contributed by atoms with Crippen LogP contribution >= 0.6 is 23.2 Å². The van der Waals surface area contributed by atoms with Crippen molar-refractivity contribution in [3.05, 3.63) is 40.5 Å². The van der Waals surface area contributed by atoms with E-state index in [1.54, 1.807) is 18.4 Å². The highest BCUT2D eigenvalue weighted by molar-refractivity contribution is 6.36. The van der Waals surface area contributed by atoms with Gasteiger partial charge in [-0.25, -0.2) is 0 Å². The number of halogens is 2. The Kier molecular flexibility index (Phi) is 4.47. The summed E-state index contributed by atoms with van der Waals surface area (Å²) in [5.41, 5.74) is 1.10. The molecule has 1 aromatic carbocycles. The van der Waals surface area contributed by atoms with Crippen molar-refractivity contribution in [3.63, 3.8) is 0 Å². The van der Waals surface area contributed by atoms with E-state index in [1.807, 2.05) is 0 Å². The lowest BCUT2D eigenvalue weighted by Gasteiger charge is -2.11. The lowest BCUT2D eigenvalue weighted by molar-refractivity contribution is 0.265. The highest BCUT2D eigenvalue weighted by Gasteiger charge is 2.12.